The molecular formula is C10H14N4. The first-order valence-corrected chi connectivity index (χ1v) is 5.01. The van der Waals surface area contributed by atoms with Gasteiger partial charge in [-0.3, -0.25) is 5.32 Å². The zero-order chi connectivity index (χ0) is 9.97. The fraction of sp³-hybridized carbons (Fsp3) is 0.600. The minimum Gasteiger partial charge on any atom is -0.329 e. The molecule has 1 heterocycles. The number of nitriles is 1. The Morgan fingerprint density at radius 2 is 2.57 bits per heavy atom. The molecule has 1 aliphatic rings. The molecule has 0 aromatic carbocycles. The molecular weight excluding hydrogens is 176 g/mol. The standard InChI is InChI=1S/C10H14N4/c1-2-13-9(5-11)10-6-12-7-14(10)8-3-4-8/h6-9,13H,2-4H2,1H3. The number of aromatic nitrogens is 2. The van der Waals surface area contributed by atoms with Crippen molar-refractivity contribution in [1.82, 2.24) is 14.9 Å². The minimum atomic E-state index is -0.219. The van der Waals surface area contributed by atoms with E-state index in [-0.39, 0.29) is 6.04 Å². The normalized spacial score (nSPS) is 17.7. The molecule has 4 nitrogen and oxygen atoms in total. The number of hydrogen-bond donors (Lipinski definition) is 1. The SMILES string of the molecule is CCNC(C#N)c1cncn1C1CC1. The molecule has 1 aliphatic carbocycles. The van der Waals surface area contributed by atoms with Crippen molar-refractivity contribution in [2.24, 2.45) is 0 Å². The zero-order valence-corrected chi connectivity index (χ0v) is 8.27. The van der Waals surface area contributed by atoms with Crippen LogP contribution in [0.25, 0.3) is 0 Å². The molecule has 1 aromatic heterocycles. The first kappa shape index (κ1) is 9.22. The molecule has 1 atom stereocenters. The van der Waals surface area contributed by atoms with E-state index in [4.69, 9.17) is 5.26 Å². The first-order chi connectivity index (χ1) is 6.86. The molecule has 2 rings (SSSR count). The van der Waals surface area contributed by atoms with Gasteiger partial charge in [-0.1, -0.05) is 6.92 Å². The van der Waals surface area contributed by atoms with Crippen molar-refractivity contribution in [3.05, 3.63) is 18.2 Å². The molecule has 0 spiro atoms. The van der Waals surface area contributed by atoms with Crippen LogP contribution >= 0.6 is 0 Å². The van der Waals surface area contributed by atoms with Gasteiger partial charge in [0.15, 0.2) is 0 Å². The number of nitrogens with zero attached hydrogens (tertiary/aromatic N) is 3. The average Bonchev–Trinajstić information content (AvgIpc) is 2.94. The molecule has 1 N–H and O–H groups in total. The summed E-state index contributed by atoms with van der Waals surface area (Å²) in [5.74, 6) is 0. The van der Waals surface area contributed by atoms with Crippen LogP contribution in [-0.2, 0) is 0 Å². The van der Waals surface area contributed by atoms with Gasteiger partial charge in [0.1, 0.15) is 6.04 Å². The summed E-state index contributed by atoms with van der Waals surface area (Å²) in [5, 5.41) is 12.1. The van der Waals surface area contributed by atoms with Crippen LogP contribution in [0, 0.1) is 11.3 Å². The highest BCUT2D eigenvalue weighted by Gasteiger charge is 2.27. The predicted octanol–water partition coefficient (Wildman–Crippen LogP) is 1.39. The van der Waals surface area contributed by atoms with Crippen molar-refractivity contribution < 1.29 is 0 Å². The highest BCUT2D eigenvalue weighted by molar-refractivity contribution is 5.15. The van der Waals surface area contributed by atoms with E-state index in [2.05, 4.69) is 20.9 Å². The highest BCUT2D eigenvalue weighted by atomic mass is 15.1. The third-order valence-electron chi connectivity index (χ3n) is 2.47. The van der Waals surface area contributed by atoms with Gasteiger partial charge in [-0.15, -0.1) is 0 Å². The van der Waals surface area contributed by atoms with Gasteiger partial charge in [0.25, 0.3) is 0 Å². The molecule has 1 unspecified atom stereocenters. The lowest BCUT2D eigenvalue weighted by Crippen LogP contribution is -2.21. The molecule has 4 heteroatoms. The summed E-state index contributed by atoms with van der Waals surface area (Å²) in [7, 11) is 0. The second-order valence-corrected chi connectivity index (χ2v) is 3.58. The number of nitrogens with one attached hydrogen (secondary N) is 1. The van der Waals surface area contributed by atoms with E-state index in [0.717, 1.165) is 12.2 Å². The van der Waals surface area contributed by atoms with Crippen LogP contribution in [0.3, 0.4) is 0 Å². The summed E-state index contributed by atoms with van der Waals surface area (Å²) in [6.07, 6.45) is 6.05. The molecule has 14 heavy (non-hydrogen) atoms. The zero-order valence-electron chi connectivity index (χ0n) is 8.27. The van der Waals surface area contributed by atoms with Crippen molar-refractivity contribution in [2.45, 2.75) is 31.8 Å². The molecule has 0 bridgehead atoms. The number of rotatable bonds is 4. The van der Waals surface area contributed by atoms with E-state index in [9.17, 15) is 0 Å². The quantitative estimate of drug-likeness (QED) is 0.780. The summed E-state index contributed by atoms with van der Waals surface area (Å²) in [5.41, 5.74) is 0.997. The van der Waals surface area contributed by atoms with Gasteiger partial charge < -0.3 is 4.57 Å². The van der Waals surface area contributed by atoms with Crippen LogP contribution in [0.4, 0.5) is 0 Å². The molecule has 1 fully saturated rings. The Balaban J connectivity index is 2.20. The van der Waals surface area contributed by atoms with Gasteiger partial charge in [-0.25, -0.2) is 4.98 Å². The van der Waals surface area contributed by atoms with Crippen molar-refractivity contribution in [3.8, 4) is 6.07 Å². The summed E-state index contributed by atoms with van der Waals surface area (Å²) < 4.78 is 2.12. The maximum atomic E-state index is 9.00. The third kappa shape index (κ3) is 1.64. The maximum Gasteiger partial charge on any atom is 0.138 e. The Morgan fingerprint density at radius 1 is 1.79 bits per heavy atom. The third-order valence-corrected chi connectivity index (χ3v) is 2.47. The van der Waals surface area contributed by atoms with Gasteiger partial charge in [-0.2, -0.15) is 5.26 Å². The smallest absolute Gasteiger partial charge is 0.138 e. The Bertz CT molecular complexity index is 345. The topological polar surface area (TPSA) is 53.6 Å². The summed E-state index contributed by atoms with van der Waals surface area (Å²) in [6, 6.07) is 2.62. The second kappa shape index (κ2) is 3.81. The minimum absolute atomic E-state index is 0.219. The lowest BCUT2D eigenvalue weighted by atomic mass is 10.2. The predicted molar refractivity (Wildman–Crippen MR) is 52.5 cm³/mol. The van der Waals surface area contributed by atoms with E-state index in [1.165, 1.54) is 12.8 Å². The first-order valence-electron chi connectivity index (χ1n) is 5.01. The lowest BCUT2D eigenvalue weighted by molar-refractivity contribution is 0.590. The molecule has 0 amide bonds. The lowest BCUT2D eigenvalue weighted by Gasteiger charge is -2.12. The van der Waals surface area contributed by atoms with Crippen molar-refractivity contribution in [3.63, 3.8) is 0 Å². The maximum absolute atomic E-state index is 9.00. The Kier molecular flexibility index (Phi) is 2.51. The molecule has 0 aliphatic heterocycles. The molecule has 0 radical (unpaired) electrons. The van der Waals surface area contributed by atoms with E-state index >= 15 is 0 Å². The van der Waals surface area contributed by atoms with Gasteiger partial charge in [0.2, 0.25) is 0 Å². The van der Waals surface area contributed by atoms with E-state index in [0.29, 0.717) is 6.04 Å². The highest BCUT2D eigenvalue weighted by Crippen LogP contribution is 2.36. The molecule has 74 valence electrons. The van der Waals surface area contributed by atoms with Crippen LogP contribution < -0.4 is 5.32 Å². The summed E-state index contributed by atoms with van der Waals surface area (Å²) in [6.45, 7) is 2.80. The second-order valence-electron chi connectivity index (χ2n) is 3.58. The van der Waals surface area contributed by atoms with Gasteiger partial charge >= 0.3 is 0 Å². The van der Waals surface area contributed by atoms with Gasteiger partial charge in [-0.05, 0) is 19.4 Å². The Hall–Kier alpha value is -1.34. The van der Waals surface area contributed by atoms with E-state index in [1.807, 2.05) is 13.3 Å². The van der Waals surface area contributed by atoms with Crippen molar-refractivity contribution in [2.75, 3.05) is 6.54 Å². The molecule has 1 aromatic rings. The van der Waals surface area contributed by atoms with E-state index in [1.54, 1.807) is 6.20 Å². The molecule has 0 saturated heterocycles. The average molecular weight is 190 g/mol. The van der Waals surface area contributed by atoms with Crippen LogP contribution in [0.1, 0.15) is 37.5 Å². The summed E-state index contributed by atoms with van der Waals surface area (Å²) >= 11 is 0. The number of hydrogen-bond acceptors (Lipinski definition) is 3. The van der Waals surface area contributed by atoms with Gasteiger partial charge in [0, 0.05) is 6.04 Å². The van der Waals surface area contributed by atoms with Crippen molar-refractivity contribution in [1.29, 1.82) is 5.26 Å². The fourth-order valence-corrected chi connectivity index (χ4v) is 1.62. The van der Waals surface area contributed by atoms with Crippen LogP contribution in [-0.4, -0.2) is 16.1 Å². The number of imidazole rings is 1. The Morgan fingerprint density at radius 3 is 3.14 bits per heavy atom. The van der Waals surface area contributed by atoms with Crippen LogP contribution in [0.2, 0.25) is 0 Å². The Labute approximate surface area is 83.6 Å². The van der Waals surface area contributed by atoms with Crippen LogP contribution in [0.5, 0.6) is 0 Å². The fourth-order valence-electron chi connectivity index (χ4n) is 1.62. The summed E-state index contributed by atoms with van der Waals surface area (Å²) in [4.78, 5) is 4.11. The van der Waals surface area contributed by atoms with Gasteiger partial charge in [0.05, 0.1) is 24.3 Å². The monoisotopic (exact) mass is 190 g/mol. The van der Waals surface area contributed by atoms with Crippen LogP contribution in [0.15, 0.2) is 12.5 Å². The van der Waals surface area contributed by atoms with Crippen molar-refractivity contribution >= 4 is 0 Å². The van der Waals surface area contributed by atoms with E-state index < -0.39 is 0 Å². The largest absolute Gasteiger partial charge is 0.329 e. The molecule has 1 saturated carbocycles.